The van der Waals surface area contributed by atoms with Gasteiger partial charge in [-0.2, -0.15) is 0 Å². The van der Waals surface area contributed by atoms with E-state index in [1.54, 1.807) is 0 Å². The second-order valence-corrected chi connectivity index (χ2v) is 9.35. The minimum atomic E-state index is 0.230. The summed E-state index contributed by atoms with van der Waals surface area (Å²) >= 11 is 0. The van der Waals surface area contributed by atoms with Crippen molar-refractivity contribution in [2.75, 3.05) is 24.5 Å². The Morgan fingerprint density at radius 1 is 1.07 bits per heavy atom. The van der Waals surface area contributed by atoms with Crippen LogP contribution in [0.1, 0.15) is 49.7 Å². The summed E-state index contributed by atoms with van der Waals surface area (Å²) in [5, 5.41) is 0. The van der Waals surface area contributed by atoms with Crippen molar-refractivity contribution >= 4 is 11.6 Å². The Morgan fingerprint density at radius 3 is 2.62 bits per heavy atom. The quantitative estimate of drug-likeness (QED) is 0.778. The van der Waals surface area contributed by atoms with E-state index in [-0.39, 0.29) is 11.3 Å². The van der Waals surface area contributed by atoms with E-state index in [2.05, 4.69) is 45.1 Å². The van der Waals surface area contributed by atoms with E-state index < -0.39 is 0 Å². The van der Waals surface area contributed by atoms with Crippen molar-refractivity contribution < 1.29 is 4.79 Å². The molecule has 4 heteroatoms. The van der Waals surface area contributed by atoms with Crippen molar-refractivity contribution in [1.29, 1.82) is 0 Å². The number of fused-ring (bicyclic) bond motifs is 1. The zero-order valence-electron chi connectivity index (χ0n) is 17.2. The average Bonchev–Trinajstić information content (AvgIpc) is 3.30. The number of likely N-dealkylation sites (tertiary alicyclic amines) is 1. The molecule has 1 amide bonds. The third-order valence-corrected chi connectivity index (χ3v) is 7.36. The van der Waals surface area contributed by atoms with Gasteiger partial charge in [0.05, 0.1) is 0 Å². The molecule has 29 heavy (non-hydrogen) atoms. The summed E-state index contributed by atoms with van der Waals surface area (Å²) in [6.45, 7) is 4.08. The molecule has 3 aliphatic rings. The van der Waals surface area contributed by atoms with E-state index in [9.17, 15) is 4.79 Å². The molecule has 1 aromatic carbocycles. The van der Waals surface area contributed by atoms with E-state index >= 15 is 0 Å². The van der Waals surface area contributed by atoms with E-state index in [1.807, 2.05) is 18.5 Å². The van der Waals surface area contributed by atoms with Gasteiger partial charge in [0.25, 0.3) is 0 Å². The number of piperidine rings is 1. The van der Waals surface area contributed by atoms with Gasteiger partial charge in [-0.1, -0.05) is 37.1 Å². The Bertz CT molecular complexity index is 851. The fraction of sp³-hybridized carbons (Fsp3) is 0.520. The highest BCUT2D eigenvalue weighted by molar-refractivity contribution is 5.96. The van der Waals surface area contributed by atoms with Gasteiger partial charge in [0.15, 0.2) is 0 Å². The number of rotatable bonds is 3. The summed E-state index contributed by atoms with van der Waals surface area (Å²) in [5.74, 6) is 0.621. The molecular weight excluding hydrogens is 358 g/mol. The molecule has 0 radical (unpaired) electrons. The summed E-state index contributed by atoms with van der Waals surface area (Å²) in [4.78, 5) is 22.4. The molecule has 0 unspecified atom stereocenters. The van der Waals surface area contributed by atoms with Gasteiger partial charge in [0.2, 0.25) is 5.91 Å². The third-order valence-electron chi connectivity index (χ3n) is 7.36. The van der Waals surface area contributed by atoms with E-state index in [0.717, 1.165) is 58.3 Å². The maximum absolute atomic E-state index is 13.4. The lowest BCUT2D eigenvalue weighted by Crippen LogP contribution is -2.52. The Kier molecular flexibility index (Phi) is 5.13. The Labute approximate surface area is 173 Å². The molecule has 4 nitrogen and oxygen atoms in total. The van der Waals surface area contributed by atoms with E-state index in [4.69, 9.17) is 0 Å². The number of pyridine rings is 1. The van der Waals surface area contributed by atoms with Gasteiger partial charge in [-0.25, -0.2) is 0 Å². The van der Waals surface area contributed by atoms with Crippen LogP contribution >= 0.6 is 0 Å². The topological polar surface area (TPSA) is 36.4 Å². The SMILES string of the molecule is O=C(C1CCCC1)N1CC2(CCN(Cc3cccnc3)CC2)Cc2ccccc21. The molecule has 1 aromatic heterocycles. The molecule has 1 saturated heterocycles. The van der Waals surface area contributed by atoms with Crippen LogP contribution in [-0.2, 0) is 17.8 Å². The first-order valence-corrected chi connectivity index (χ1v) is 11.2. The first-order valence-electron chi connectivity index (χ1n) is 11.2. The molecule has 2 fully saturated rings. The number of benzene rings is 1. The summed E-state index contributed by atoms with van der Waals surface area (Å²) in [6.07, 6.45) is 11.8. The van der Waals surface area contributed by atoms with Crippen LogP contribution in [0.5, 0.6) is 0 Å². The standard InChI is InChI=1S/C25H31N3O/c29-24(21-7-1-2-8-21)28-19-25(16-22-9-3-4-10-23(22)28)11-14-27(15-12-25)18-20-6-5-13-26-17-20/h3-6,9-10,13,17,21H,1-2,7-8,11-12,14-16,18-19H2. The number of carbonyl (C=O) groups excluding carboxylic acids is 1. The Hall–Kier alpha value is -2.20. The predicted octanol–water partition coefficient (Wildman–Crippen LogP) is 4.44. The number of hydrogen-bond acceptors (Lipinski definition) is 3. The summed E-state index contributed by atoms with van der Waals surface area (Å²) in [5.41, 5.74) is 4.06. The molecule has 5 rings (SSSR count). The van der Waals surface area contributed by atoms with Gasteiger partial charge in [-0.05, 0) is 73.9 Å². The highest BCUT2D eigenvalue weighted by Crippen LogP contribution is 2.44. The minimum absolute atomic E-state index is 0.230. The molecule has 2 aromatic rings. The van der Waals surface area contributed by atoms with Crippen molar-refractivity contribution in [2.24, 2.45) is 11.3 Å². The van der Waals surface area contributed by atoms with Gasteiger partial charge in [0.1, 0.15) is 0 Å². The van der Waals surface area contributed by atoms with Crippen LogP contribution in [0.15, 0.2) is 48.8 Å². The molecule has 2 aliphatic heterocycles. The van der Waals surface area contributed by atoms with Crippen molar-refractivity contribution in [3.8, 4) is 0 Å². The lowest BCUT2D eigenvalue weighted by atomic mass is 9.70. The molecule has 3 heterocycles. The van der Waals surface area contributed by atoms with Crippen molar-refractivity contribution in [3.05, 3.63) is 59.9 Å². The molecule has 1 spiro atoms. The Morgan fingerprint density at radius 2 is 1.86 bits per heavy atom. The van der Waals surface area contributed by atoms with Gasteiger partial charge in [-0.15, -0.1) is 0 Å². The molecule has 0 N–H and O–H groups in total. The minimum Gasteiger partial charge on any atom is -0.311 e. The van der Waals surface area contributed by atoms with Gasteiger partial charge < -0.3 is 4.90 Å². The summed E-state index contributed by atoms with van der Waals surface area (Å²) in [7, 11) is 0. The summed E-state index contributed by atoms with van der Waals surface area (Å²) < 4.78 is 0. The molecule has 1 aliphatic carbocycles. The molecule has 152 valence electrons. The normalized spacial score (nSPS) is 22.0. The first-order chi connectivity index (χ1) is 14.2. The number of anilines is 1. The lowest BCUT2D eigenvalue weighted by Gasteiger charge is -2.48. The number of nitrogens with zero attached hydrogens (tertiary/aromatic N) is 3. The van der Waals surface area contributed by atoms with Crippen molar-refractivity contribution in [2.45, 2.75) is 51.5 Å². The molecule has 1 saturated carbocycles. The largest absolute Gasteiger partial charge is 0.311 e. The first kappa shape index (κ1) is 18.8. The number of amides is 1. The fourth-order valence-electron chi connectivity index (χ4n) is 5.66. The second kappa shape index (κ2) is 7.91. The van der Waals surface area contributed by atoms with Crippen LogP contribution in [0, 0.1) is 11.3 Å². The van der Waals surface area contributed by atoms with Crippen LogP contribution < -0.4 is 4.90 Å². The lowest BCUT2D eigenvalue weighted by molar-refractivity contribution is -0.122. The highest BCUT2D eigenvalue weighted by atomic mass is 16.2. The molecule has 0 atom stereocenters. The van der Waals surface area contributed by atoms with Crippen molar-refractivity contribution in [1.82, 2.24) is 9.88 Å². The Balaban J connectivity index is 1.33. The maximum atomic E-state index is 13.4. The average molecular weight is 390 g/mol. The zero-order chi connectivity index (χ0) is 19.7. The van der Waals surface area contributed by atoms with Crippen molar-refractivity contribution in [3.63, 3.8) is 0 Å². The maximum Gasteiger partial charge on any atom is 0.230 e. The van der Waals surface area contributed by atoms with Gasteiger partial charge in [0, 0.05) is 37.1 Å². The number of aromatic nitrogens is 1. The van der Waals surface area contributed by atoms with Crippen LogP contribution in [0.2, 0.25) is 0 Å². The smallest absolute Gasteiger partial charge is 0.230 e. The zero-order valence-corrected chi connectivity index (χ0v) is 17.2. The van der Waals surface area contributed by atoms with E-state index in [1.165, 1.54) is 29.7 Å². The molecular formula is C25H31N3O. The monoisotopic (exact) mass is 389 g/mol. The second-order valence-electron chi connectivity index (χ2n) is 9.35. The highest BCUT2D eigenvalue weighted by Gasteiger charge is 2.43. The van der Waals surface area contributed by atoms with Crippen LogP contribution in [0.4, 0.5) is 5.69 Å². The third kappa shape index (κ3) is 3.83. The predicted molar refractivity (Wildman–Crippen MR) is 116 cm³/mol. The molecule has 0 bridgehead atoms. The fourth-order valence-corrected chi connectivity index (χ4v) is 5.66. The van der Waals surface area contributed by atoms with Crippen LogP contribution in [-0.4, -0.2) is 35.4 Å². The van der Waals surface area contributed by atoms with E-state index in [0.29, 0.717) is 5.91 Å². The van der Waals surface area contributed by atoms with Crippen LogP contribution in [0.3, 0.4) is 0 Å². The summed E-state index contributed by atoms with van der Waals surface area (Å²) in [6, 6.07) is 12.8. The number of hydrogen-bond donors (Lipinski definition) is 0. The van der Waals surface area contributed by atoms with Crippen LogP contribution in [0.25, 0.3) is 0 Å². The van der Waals surface area contributed by atoms with Gasteiger partial charge in [-0.3, -0.25) is 14.7 Å². The number of para-hydroxylation sites is 1. The van der Waals surface area contributed by atoms with Gasteiger partial charge >= 0.3 is 0 Å². The number of carbonyl (C=O) groups is 1.